The van der Waals surface area contributed by atoms with Gasteiger partial charge in [0.25, 0.3) is 11.5 Å². The Morgan fingerprint density at radius 3 is 2.68 bits per heavy atom. The Bertz CT molecular complexity index is 1340. The average molecular weight is 493 g/mol. The summed E-state index contributed by atoms with van der Waals surface area (Å²) in [4.78, 5) is 33.3. The maximum Gasteiger partial charge on any atom is 0.267 e. The summed E-state index contributed by atoms with van der Waals surface area (Å²) in [5, 5.41) is 3.46. The van der Waals surface area contributed by atoms with E-state index >= 15 is 0 Å². The molecule has 174 valence electrons. The summed E-state index contributed by atoms with van der Waals surface area (Å²) in [6.07, 6.45) is 7.72. The van der Waals surface area contributed by atoms with E-state index in [0.717, 1.165) is 37.0 Å². The first kappa shape index (κ1) is 22.6. The first-order valence-corrected chi connectivity index (χ1v) is 12.4. The highest BCUT2D eigenvalue weighted by molar-refractivity contribution is 8.26. The van der Waals surface area contributed by atoms with E-state index in [0.29, 0.717) is 32.8 Å². The number of rotatable bonds is 6. The fraction of sp³-hybridized carbons (Fsp3) is 0.280. The summed E-state index contributed by atoms with van der Waals surface area (Å²) < 4.78 is 7.17. The predicted molar refractivity (Wildman–Crippen MR) is 139 cm³/mol. The maximum atomic E-state index is 13.4. The lowest BCUT2D eigenvalue weighted by Gasteiger charge is -2.16. The van der Waals surface area contributed by atoms with Crippen LogP contribution < -0.4 is 15.6 Å². The van der Waals surface area contributed by atoms with E-state index in [9.17, 15) is 9.59 Å². The minimum atomic E-state index is -0.216. The fourth-order valence-electron chi connectivity index (χ4n) is 4.29. The largest absolute Gasteiger partial charge is 0.497 e. The lowest BCUT2D eigenvalue weighted by molar-refractivity contribution is -0.122. The minimum Gasteiger partial charge on any atom is -0.497 e. The van der Waals surface area contributed by atoms with Gasteiger partial charge in [-0.15, -0.1) is 0 Å². The monoisotopic (exact) mass is 492 g/mol. The topological polar surface area (TPSA) is 75.9 Å². The molecule has 9 heteroatoms. The molecule has 1 aromatic carbocycles. The van der Waals surface area contributed by atoms with Crippen molar-refractivity contribution in [1.29, 1.82) is 0 Å². The third-order valence-corrected chi connectivity index (χ3v) is 7.49. The van der Waals surface area contributed by atoms with Crippen molar-refractivity contribution in [2.45, 2.75) is 38.3 Å². The number of hydrogen-bond acceptors (Lipinski definition) is 7. The maximum absolute atomic E-state index is 13.4. The molecule has 0 unspecified atom stereocenters. The number of carbonyl (C=O) groups excluding carboxylic acids is 1. The molecule has 0 atom stereocenters. The molecule has 2 aliphatic rings. The highest BCUT2D eigenvalue weighted by atomic mass is 32.2. The van der Waals surface area contributed by atoms with Crippen molar-refractivity contribution in [2.24, 2.45) is 0 Å². The molecule has 1 amide bonds. The molecule has 3 aromatic rings. The molecule has 7 nitrogen and oxygen atoms in total. The SMILES string of the molecule is COc1ccc(CN2C(=O)C(=Cc3c(NC4CCCC4)nc4ccccn4c3=O)SC2=S)cc1. The van der Waals surface area contributed by atoms with Crippen LogP contribution in [0.1, 0.15) is 36.8 Å². The first-order chi connectivity index (χ1) is 16.5. The quantitative estimate of drug-likeness (QED) is 0.402. The second-order valence-electron chi connectivity index (χ2n) is 8.35. The first-order valence-electron chi connectivity index (χ1n) is 11.2. The van der Waals surface area contributed by atoms with Crippen LogP contribution in [0, 0.1) is 0 Å². The number of methoxy groups -OCH3 is 1. The van der Waals surface area contributed by atoms with E-state index in [1.54, 1.807) is 36.4 Å². The molecule has 0 spiro atoms. The van der Waals surface area contributed by atoms with Gasteiger partial charge in [0.05, 0.1) is 24.1 Å². The van der Waals surface area contributed by atoms with Gasteiger partial charge < -0.3 is 10.1 Å². The molecule has 2 aromatic heterocycles. The van der Waals surface area contributed by atoms with E-state index in [4.69, 9.17) is 21.9 Å². The Kier molecular flexibility index (Phi) is 6.38. The smallest absolute Gasteiger partial charge is 0.267 e. The molecule has 0 radical (unpaired) electrons. The average Bonchev–Trinajstić information content (AvgIpc) is 3.45. The Hall–Kier alpha value is -3.17. The van der Waals surface area contributed by atoms with Gasteiger partial charge in [-0.1, -0.05) is 55.0 Å². The van der Waals surface area contributed by atoms with Crippen molar-refractivity contribution in [2.75, 3.05) is 12.4 Å². The van der Waals surface area contributed by atoms with Gasteiger partial charge in [-0.05, 0) is 48.7 Å². The number of benzene rings is 1. The third kappa shape index (κ3) is 4.45. The van der Waals surface area contributed by atoms with Gasteiger partial charge >= 0.3 is 0 Å². The van der Waals surface area contributed by atoms with E-state index in [2.05, 4.69) is 5.32 Å². The second kappa shape index (κ2) is 9.60. The van der Waals surface area contributed by atoms with Crippen molar-refractivity contribution in [3.8, 4) is 5.75 Å². The number of nitrogens with one attached hydrogen (secondary N) is 1. The molecule has 2 fully saturated rings. The normalized spacial score (nSPS) is 17.8. The lowest BCUT2D eigenvalue weighted by Crippen LogP contribution is -2.27. The van der Waals surface area contributed by atoms with E-state index in [1.807, 2.05) is 30.3 Å². The molecular weight excluding hydrogens is 468 g/mol. The number of ether oxygens (including phenoxy) is 1. The van der Waals surface area contributed by atoms with Crippen LogP contribution in [0.2, 0.25) is 0 Å². The van der Waals surface area contributed by atoms with Crippen molar-refractivity contribution in [3.05, 3.63) is 75.0 Å². The van der Waals surface area contributed by atoms with Crippen molar-refractivity contribution >= 4 is 51.7 Å². The van der Waals surface area contributed by atoms with E-state index in [-0.39, 0.29) is 17.5 Å². The number of thioether (sulfide) groups is 1. The van der Waals surface area contributed by atoms with Crippen LogP contribution in [0.3, 0.4) is 0 Å². The molecule has 0 bridgehead atoms. The van der Waals surface area contributed by atoms with Crippen LogP contribution in [0.4, 0.5) is 5.82 Å². The van der Waals surface area contributed by atoms with Crippen LogP contribution in [-0.2, 0) is 11.3 Å². The van der Waals surface area contributed by atoms with E-state index in [1.165, 1.54) is 16.2 Å². The lowest BCUT2D eigenvalue weighted by atomic mass is 10.2. The number of fused-ring (bicyclic) bond motifs is 1. The number of amides is 1. The van der Waals surface area contributed by atoms with Crippen molar-refractivity contribution in [3.63, 3.8) is 0 Å². The molecule has 1 aliphatic carbocycles. The van der Waals surface area contributed by atoms with Crippen LogP contribution in [-0.4, -0.2) is 37.7 Å². The Labute approximate surface area is 206 Å². The van der Waals surface area contributed by atoms with Gasteiger partial charge in [0.2, 0.25) is 0 Å². The molecular formula is C25H24N4O3S2. The van der Waals surface area contributed by atoms with Gasteiger partial charge in [-0.25, -0.2) is 4.98 Å². The number of aromatic nitrogens is 2. The van der Waals surface area contributed by atoms with Crippen molar-refractivity contribution < 1.29 is 9.53 Å². The molecule has 5 rings (SSSR count). The third-order valence-electron chi connectivity index (χ3n) is 6.11. The zero-order valence-electron chi connectivity index (χ0n) is 18.7. The molecule has 1 N–H and O–H groups in total. The van der Waals surface area contributed by atoms with Gasteiger partial charge in [0.1, 0.15) is 21.5 Å². The second-order valence-corrected chi connectivity index (χ2v) is 10.0. The highest BCUT2D eigenvalue weighted by Gasteiger charge is 2.33. The van der Waals surface area contributed by atoms with Crippen LogP contribution in [0.25, 0.3) is 11.7 Å². The zero-order chi connectivity index (χ0) is 23.7. The minimum absolute atomic E-state index is 0.213. The Balaban J connectivity index is 1.49. The molecule has 1 saturated heterocycles. The fourth-order valence-corrected chi connectivity index (χ4v) is 5.52. The molecule has 3 heterocycles. The Morgan fingerprint density at radius 1 is 1.18 bits per heavy atom. The summed E-state index contributed by atoms with van der Waals surface area (Å²) in [6, 6.07) is 13.2. The standard InChI is InChI=1S/C25H24N4O3S2/c1-32-18-11-9-16(10-12-18)15-29-24(31)20(34-25(29)33)14-19-22(26-17-6-2-3-7-17)27-21-8-4-5-13-28(21)23(19)30/h4-5,8-14,17,26H,2-3,6-7,15H2,1H3. The predicted octanol–water partition coefficient (Wildman–Crippen LogP) is 4.46. The number of hydrogen-bond donors (Lipinski definition) is 1. The van der Waals surface area contributed by atoms with Gasteiger partial charge in [0.15, 0.2) is 0 Å². The van der Waals surface area contributed by atoms with Crippen molar-refractivity contribution in [1.82, 2.24) is 14.3 Å². The summed E-state index contributed by atoms with van der Waals surface area (Å²) in [5.74, 6) is 1.05. The van der Waals surface area contributed by atoms with Crippen LogP contribution in [0.5, 0.6) is 5.75 Å². The highest BCUT2D eigenvalue weighted by Crippen LogP contribution is 2.34. The van der Waals surface area contributed by atoms with Gasteiger partial charge in [-0.3, -0.25) is 18.9 Å². The van der Waals surface area contributed by atoms with Gasteiger partial charge in [-0.2, -0.15) is 0 Å². The van der Waals surface area contributed by atoms with E-state index < -0.39 is 0 Å². The summed E-state index contributed by atoms with van der Waals surface area (Å²) in [7, 11) is 1.61. The zero-order valence-corrected chi connectivity index (χ0v) is 20.3. The number of anilines is 1. The Morgan fingerprint density at radius 2 is 1.94 bits per heavy atom. The number of carbonyl (C=O) groups is 1. The summed E-state index contributed by atoms with van der Waals surface area (Å²) >= 11 is 6.71. The molecule has 1 saturated carbocycles. The van der Waals surface area contributed by atoms with Crippen LogP contribution >= 0.6 is 24.0 Å². The number of thiocarbonyl (C=S) groups is 1. The molecule has 1 aliphatic heterocycles. The molecule has 34 heavy (non-hydrogen) atoms. The number of pyridine rings is 1. The van der Waals surface area contributed by atoms with Gasteiger partial charge in [0, 0.05) is 12.2 Å². The summed E-state index contributed by atoms with van der Waals surface area (Å²) in [6.45, 7) is 0.355. The number of nitrogens with zero attached hydrogens (tertiary/aromatic N) is 3. The van der Waals surface area contributed by atoms with Crippen LogP contribution in [0.15, 0.2) is 58.4 Å². The summed E-state index contributed by atoms with van der Waals surface area (Å²) in [5.41, 5.74) is 1.67.